The molecule has 1 N–H and O–H groups in total. The van der Waals surface area contributed by atoms with Crippen LogP contribution in [-0.2, 0) is 4.79 Å². The third kappa shape index (κ3) is 3.60. The summed E-state index contributed by atoms with van der Waals surface area (Å²) in [4.78, 5) is 16.7. The third-order valence-corrected chi connectivity index (χ3v) is 3.44. The first-order valence-electron chi connectivity index (χ1n) is 7.63. The molecule has 0 aliphatic carbocycles. The molecule has 1 unspecified atom stereocenters. The Kier molecular flexibility index (Phi) is 4.56. The number of carbonyl (C=O) groups excluding carboxylic acids is 1. The third-order valence-electron chi connectivity index (χ3n) is 3.44. The van der Waals surface area contributed by atoms with Crippen molar-refractivity contribution in [3.8, 4) is 11.6 Å². The van der Waals surface area contributed by atoms with E-state index in [1.807, 2.05) is 31.2 Å². The van der Waals surface area contributed by atoms with Crippen LogP contribution in [0.25, 0.3) is 5.82 Å². The van der Waals surface area contributed by atoms with Gasteiger partial charge in [-0.2, -0.15) is 5.10 Å². The Balaban J connectivity index is 1.73. The van der Waals surface area contributed by atoms with Crippen LogP contribution in [0.15, 0.2) is 61.1 Å². The molecule has 2 aromatic heterocycles. The lowest BCUT2D eigenvalue weighted by Gasteiger charge is -2.16. The van der Waals surface area contributed by atoms with E-state index in [4.69, 9.17) is 4.74 Å². The Morgan fingerprint density at radius 2 is 2.08 bits per heavy atom. The molecule has 1 amide bonds. The molecule has 0 saturated carbocycles. The van der Waals surface area contributed by atoms with Gasteiger partial charge in [0.25, 0.3) is 5.91 Å². The Bertz CT molecular complexity index is 831. The maximum atomic E-state index is 12.4. The number of benzene rings is 1. The van der Waals surface area contributed by atoms with Gasteiger partial charge in [0, 0.05) is 18.6 Å². The molecule has 0 radical (unpaired) electrons. The molecule has 24 heavy (non-hydrogen) atoms. The van der Waals surface area contributed by atoms with Crippen molar-refractivity contribution >= 4 is 11.6 Å². The number of nitrogens with zero attached hydrogens (tertiary/aromatic N) is 3. The second kappa shape index (κ2) is 6.95. The Labute approximate surface area is 140 Å². The summed E-state index contributed by atoms with van der Waals surface area (Å²) >= 11 is 0. The standard InChI is InChI=1S/C18H18N4O2/c1-13-6-3-7-15(12-13)24-14(2)18(23)21-16-8-4-9-19-17(16)22-11-5-10-20-22/h3-12,14H,1-2H3,(H,21,23). The van der Waals surface area contributed by atoms with E-state index in [0.717, 1.165) is 5.56 Å². The smallest absolute Gasteiger partial charge is 0.265 e. The number of amides is 1. The summed E-state index contributed by atoms with van der Waals surface area (Å²) in [6.07, 6.45) is 4.44. The second-order valence-electron chi connectivity index (χ2n) is 5.39. The summed E-state index contributed by atoms with van der Waals surface area (Å²) in [7, 11) is 0. The molecular formula is C18H18N4O2. The van der Waals surface area contributed by atoms with Gasteiger partial charge < -0.3 is 10.1 Å². The number of ether oxygens (including phenoxy) is 1. The van der Waals surface area contributed by atoms with Gasteiger partial charge in [0.05, 0.1) is 5.69 Å². The van der Waals surface area contributed by atoms with Crippen molar-refractivity contribution in [1.29, 1.82) is 0 Å². The van der Waals surface area contributed by atoms with E-state index in [2.05, 4.69) is 15.4 Å². The van der Waals surface area contributed by atoms with Crippen LogP contribution >= 0.6 is 0 Å². The van der Waals surface area contributed by atoms with Crippen LogP contribution in [0, 0.1) is 6.92 Å². The van der Waals surface area contributed by atoms with E-state index in [0.29, 0.717) is 17.3 Å². The van der Waals surface area contributed by atoms with Crippen molar-refractivity contribution in [1.82, 2.24) is 14.8 Å². The van der Waals surface area contributed by atoms with Crippen LogP contribution in [0.5, 0.6) is 5.75 Å². The van der Waals surface area contributed by atoms with Crippen molar-refractivity contribution in [3.63, 3.8) is 0 Å². The Morgan fingerprint density at radius 1 is 1.21 bits per heavy atom. The van der Waals surface area contributed by atoms with Gasteiger partial charge in [-0.3, -0.25) is 4.79 Å². The SMILES string of the molecule is Cc1cccc(OC(C)C(=O)Nc2cccnc2-n2cccn2)c1. The van der Waals surface area contributed by atoms with Gasteiger partial charge in [0.1, 0.15) is 5.75 Å². The van der Waals surface area contributed by atoms with Gasteiger partial charge in [-0.15, -0.1) is 0 Å². The van der Waals surface area contributed by atoms with E-state index >= 15 is 0 Å². The van der Waals surface area contributed by atoms with Gasteiger partial charge >= 0.3 is 0 Å². The number of hydrogen-bond acceptors (Lipinski definition) is 4. The summed E-state index contributed by atoms with van der Waals surface area (Å²) in [6, 6.07) is 12.9. The van der Waals surface area contributed by atoms with Crippen molar-refractivity contribution < 1.29 is 9.53 Å². The summed E-state index contributed by atoms with van der Waals surface area (Å²) in [5.41, 5.74) is 1.65. The molecule has 1 atom stereocenters. The summed E-state index contributed by atoms with van der Waals surface area (Å²) < 4.78 is 7.30. The second-order valence-corrected chi connectivity index (χ2v) is 5.39. The molecule has 122 valence electrons. The number of nitrogens with one attached hydrogen (secondary N) is 1. The maximum Gasteiger partial charge on any atom is 0.265 e. The zero-order valence-electron chi connectivity index (χ0n) is 13.5. The average molecular weight is 322 g/mol. The van der Waals surface area contributed by atoms with Crippen molar-refractivity contribution in [3.05, 3.63) is 66.6 Å². The molecule has 0 aliphatic rings. The monoisotopic (exact) mass is 322 g/mol. The highest BCUT2D eigenvalue weighted by atomic mass is 16.5. The van der Waals surface area contributed by atoms with Crippen LogP contribution in [0.4, 0.5) is 5.69 Å². The number of hydrogen-bond donors (Lipinski definition) is 1. The zero-order valence-corrected chi connectivity index (χ0v) is 13.5. The van der Waals surface area contributed by atoms with Crippen LogP contribution < -0.4 is 10.1 Å². The molecule has 1 aromatic carbocycles. The van der Waals surface area contributed by atoms with Crippen LogP contribution in [0.1, 0.15) is 12.5 Å². The van der Waals surface area contributed by atoms with Crippen LogP contribution in [-0.4, -0.2) is 26.8 Å². The summed E-state index contributed by atoms with van der Waals surface area (Å²) in [5, 5.41) is 6.99. The van der Waals surface area contributed by atoms with Gasteiger partial charge in [-0.1, -0.05) is 12.1 Å². The molecule has 0 fully saturated rings. The van der Waals surface area contributed by atoms with Crippen molar-refractivity contribution in [2.24, 2.45) is 0 Å². The average Bonchev–Trinajstić information content (AvgIpc) is 3.09. The quantitative estimate of drug-likeness (QED) is 0.784. The summed E-state index contributed by atoms with van der Waals surface area (Å²) in [6.45, 7) is 3.69. The van der Waals surface area contributed by atoms with E-state index in [-0.39, 0.29) is 5.91 Å². The fourth-order valence-electron chi connectivity index (χ4n) is 2.25. The molecule has 0 bridgehead atoms. The lowest BCUT2D eigenvalue weighted by Crippen LogP contribution is -2.30. The Hall–Kier alpha value is -3.15. The summed E-state index contributed by atoms with van der Waals surface area (Å²) in [5.74, 6) is 0.965. The van der Waals surface area contributed by atoms with Gasteiger partial charge in [0.2, 0.25) is 0 Å². The predicted molar refractivity (Wildman–Crippen MR) is 91.3 cm³/mol. The topological polar surface area (TPSA) is 69.0 Å². The number of anilines is 1. The number of carbonyl (C=O) groups is 1. The van der Waals surface area contributed by atoms with Gasteiger partial charge in [0.15, 0.2) is 11.9 Å². The van der Waals surface area contributed by atoms with E-state index in [9.17, 15) is 4.79 Å². The zero-order chi connectivity index (χ0) is 16.9. The fraction of sp³-hybridized carbons (Fsp3) is 0.167. The van der Waals surface area contributed by atoms with Crippen LogP contribution in [0.3, 0.4) is 0 Å². The van der Waals surface area contributed by atoms with Crippen LogP contribution in [0.2, 0.25) is 0 Å². The first kappa shape index (κ1) is 15.7. The molecule has 0 spiro atoms. The molecule has 3 rings (SSSR count). The van der Waals surface area contributed by atoms with E-state index in [1.54, 1.807) is 48.4 Å². The lowest BCUT2D eigenvalue weighted by molar-refractivity contribution is -0.122. The molecule has 0 aliphatic heterocycles. The minimum atomic E-state index is -0.641. The molecule has 6 nitrogen and oxygen atoms in total. The highest BCUT2D eigenvalue weighted by Crippen LogP contribution is 2.18. The van der Waals surface area contributed by atoms with Gasteiger partial charge in [-0.25, -0.2) is 9.67 Å². The first-order chi connectivity index (χ1) is 11.6. The predicted octanol–water partition coefficient (Wildman–Crippen LogP) is 2.98. The number of rotatable bonds is 5. The first-order valence-corrected chi connectivity index (χ1v) is 7.63. The lowest BCUT2D eigenvalue weighted by atomic mass is 10.2. The number of aromatic nitrogens is 3. The molecular weight excluding hydrogens is 304 g/mol. The normalized spacial score (nSPS) is 11.8. The fourth-order valence-corrected chi connectivity index (χ4v) is 2.25. The molecule has 3 aromatic rings. The van der Waals surface area contributed by atoms with Crippen molar-refractivity contribution in [2.75, 3.05) is 5.32 Å². The Morgan fingerprint density at radius 3 is 2.83 bits per heavy atom. The largest absolute Gasteiger partial charge is 0.481 e. The minimum absolute atomic E-state index is 0.252. The molecule has 0 saturated heterocycles. The van der Waals surface area contributed by atoms with Gasteiger partial charge in [-0.05, 0) is 49.7 Å². The number of pyridine rings is 1. The highest BCUT2D eigenvalue weighted by Gasteiger charge is 2.17. The molecule has 6 heteroatoms. The van der Waals surface area contributed by atoms with E-state index < -0.39 is 6.10 Å². The maximum absolute atomic E-state index is 12.4. The molecule has 2 heterocycles. The van der Waals surface area contributed by atoms with Crippen molar-refractivity contribution in [2.45, 2.75) is 20.0 Å². The number of aryl methyl sites for hydroxylation is 1. The minimum Gasteiger partial charge on any atom is -0.481 e. The van der Waals surface area contributed by atoms with E-state index in [1.165, 1.54) is 0 Å². The highest BCUT2D eigenvalue weighted by molar-refractivity contribution is 5.95.